The van der Waals surface area contributed by atoms with Gasteiger partial charge in [-0.3, -0.25) is 4.79 Å². The van der Waals surface area contributed by atoms with Crippen molar-refractivity contribution in [2.75, 3.05) is 17.7 Å². The van der Waals surface area contributed by atoms with E-state index in [0.717, 1.165) is 22.1 Å². The Hall–Kier alpha value is -3.35. The maximum Gasteiger partial charge on any atom is 0.255 e. The highest BCUT2D eigenvalue weighted by Crippen LogP contribution is 2.30. The van der Waals surface area contributed by atoms with Crippen LogP contribution in [0.3, 0.4) is 0 Å². The summed E-state index contributed by atoms with van der Waals surface area (Å²) in [6.07, 6.45) is 0. The van der Waals surface area contributed by atoms with Gasteiger partial charge in [-0.15, -0.1) is 11.3 Å². The number of carbonyl (C=O) groups excluding carboxylic acids is 1. The molecule has 0 aliphatic heterocycles. The van der Waals surface area contributed by atoms with Crippen LogP contribution in [0.5, 0.6) is 5.75 Å². The lowest BCUT2D eigenvalue weighted by molar-refractivity contribution is 0.102. The van der Waals surface area contributed by atoms with E-state index < -0.39 is 0 Å². The maximum absolute atomic E-state index is 12.4. The fourth-order valence-electron chi connectivity index (χ4n) is 2.83. The number of benzene rings is 3. The molecule has 1 aromatic heterocycles. The summed E-state index contributed by atoms with van der Waals surface area (Å²) in [5.41, 5.74) is 3.86. The second kappa shape index (κ2) is 8.98. The SMILES string of the molecule is COc1cccc(C(=O)Nc2ccc(-c3csc(Nc4ccccc4Cl)n3)cc2)c1. The minimum absolute atomic E-state index is 0.193. The molecule has 0 atom stereocenters. The normalized spacial score (nSPS) is 10.5. The summed E-state index contributed by atoms with van der Waals surface area (Å²) < 4.78 is 5.17. The number of para-hydroxylation sites is 1. The minimum Gasteiger partial charge on any atom is -0.497 e. The zero-order valence-corrected chi connectivity index (χ0v) is 17.6. The van der Waals surface area contributed by atoms with Crippen LogP contribution in [0.15, 0.2) is 78.2 Å². The van der Waals surface area contributed by atoms with Crippen molar-refractivity contribution in [2.24, 2.45) is 0 Å². The Balaban J connectivity index is 1.44. The lowest BCUT2D eigenvalue weighted by Crippen LogP contribution is -2.11. The van der Waals surface area contributed by atoms with E-state index in [2.05, 4.69) is 15.6 Å². The first-order valence-electron chi connectivity index (χ1n) is 9.15. The van der Waals surface area contributed by atoms with Gasteiger partial charge in [0.15, 0.2) is 5.13 Å². The van der Waals surface area contributed by atoms with Crippen LogP contribution < -0.4 is 15.4 Å². The van der Waals surface area contributed by atoms with Gasteiger partial charge in [0, 0.05) is 22.2 Å². The van der Waals surface area contributed by atoms with E-state index in [9.17, 15) is 4.79 Å². The van der Waals surface area contributed by atoms with E-state index in [1.165, 1.54) is 11.3 Å². The highest BCUT2D eigenvalue weighted by Gasteiger charge is 2.09. The number of rotatable bonds is 6. The molecule has 4 aromatic rings. The molecule has 30 heavy (non-hydrogen) atoms. The molecule has 3 aromatic carbocycles. The molecule has 0 unspecified atom stereocenters. The smallest absolute Gasteiger partial charge is 0.255 e. The summed E-state index contributed by atoms with van der Waals surface area (Å²) in [5, 5.41) is 9.51. The van der Waals surface area contributed by atoms with Crippen LogP contribution in [0.25, 0.3) is 11.3 Å². The number of thiazole rings is 1. The van der Waals surface area contributed by atoms with Crippen LogP contribution in [0.2, 0.25) is 5.02 Å². The highest BCUT2D eigenvalue weighted by molar-refractivity contribution is 7.14. The zero-order chi connectivity index (χ0) is 20.9. The lowest BCUT2D eigenvalue weighted by atomic mass is 10.1. The predicted octanol–water partition coefficient (Wildman–Crippen LogP) is 6.47. The Morgan fingerprint density at radius 3 is 2.60 bits per heavy atom. The molecule has 0 saturated carbocycles. The Morgan fingerprint density at radius 1 is 1.03 bits per heavy atom. The van der Waals surface area contributed by atoms with Gasteiger partial charge < -0.3 is 15.4 Å². The summed E-state index contributed by atoms with van der Waals surface area (Å²) in [4.78, 5) is 17.1. The van der Waals surface area contributed by atoms with Crippen molar-refractivity contribution in [1.29, 1.82) is 0 Å². The van der Waals surface area contributed by atoms with Crippen LogP contribution in [0, 0.1) is 0 Å². The number of ether oxygens (including phenoxy) is 1. The van der Waals surface area contributed by atoms with Crippen LogP contribution >= 0.6 is 22.9 Å². The van der Waals surface area contributed by atoms with Crippen molar-refractivity contribution < 1.29 is 9.53 Å². The molecule has 5 nitrogen and oxygen atoms in total. The Labute approximate surface area is 183 Å². The number of anilines is 3. The average Bonchev–Trinajstić information content (AvgIpc) is 3.24. The number of hydrogen-bond donors (Lipinski definition) is 2. The number of aromatic nitrogens is 1. The summed E-state index contributed by atoms with van der Waals surface area (Å²) >= 11 is 7.69. The molecule has 1 heterocycles. The summed E-state index contributed by atoms with van der Waals surface area (Å²) in [7, 11) is 1.57. The standard InChI is InChI=1S/C23H18ClN3O2S/c1-29-18-6-4-5-16(13-18)22(28)25-17-11-9-15(10-12-17)21-14-30-23(27-21)26-20-8-3-2-7-19(20)24/h2-14H,1H3,(H,25,28)(H,26,27). The number of hydrogen-bond acceptors (Lipinski definition) is 5. The van der Waals surface area contributed by atoms with E-state index in [1.54, 1.807) is 31.4 Å². The zero-order valence-electron chi connectivity index (χ0n) is 16.1. The van der Waals surface area contributed by atoms with Gasteiger partial charge >= 0.3 is 0 Å². The molecule has 4 rings (SSSR count). The molecule has 7 heteroatoms. The van der Waals surface area contributed by atoms with Crippen molar-refractivity contribution in [1.82, 2.24) is 4.98 Å². The van der Waals surface area contributed by atoms with Gasteiger partial charge in [-0.1, -0.05) is 41.9 Å². The lowest BCUT2D eigenvalue weighted by Gasteiger charge is -2.07. The van der Waals surface area contributed by atoms with Crippen molar-refractivity contribution in [2.45, 2.75) is 0 Å². The van der Waals surface area contributed by atoms with E-state index in [4.69, 9.17) is 16.3 Å². The Morgan fingerprint density at radius 2 is 1.83 bits per heavy atom. The molecule has 150 valence electrons. The average molecular weight is 436 g/mol. The minimum atomic E-state index is -0.193. The monoisotopic (exact) mass is 435 g/mol. The van der Waals surface area contributed by atoms with Gasteiger partial charge in [0.25, 0.3) is 5.91 Å². The quantitative estimate of drug-likeness (QED) is 0.364. The molecule has 1 amide bonds. The van der Waals surface area contributed by atoms with E-state index in [1.807, 2.05) is 53.9 Å². The largest absolute Gasteiger partial charge is 0.497 e. The maximum atomic E-state index is 12.4. The topological polar surface area (TPSA) is 63.2 Å². The second-order valence-corrected chi connectivity index (χ2v) is 7.67. The number of amides is 1. The molecule has 0 aliphatic carbocycles. The molecule has 0 bridgehead atoms. The van der Waals surface area contributed by atoms with Crippen LogP contribution in [-0.2, 0) is 0 Å². The summed E-state index contributed by atoms with van der Waals surface area (Å²) in [5.74, 6) is 0.448. The summed E-state index contributed by atoms with van der Waals surface area (Å²) in [6, 6.07) is 22.1. The highest BCUT2D eigenvalue weighted by atomic mass is 35.5. The van der Waals surface area contributed by atoms with Gasteiger partial charge in [0.1, 0.15) is 5.75 Å². The molecule has 0 radical (unpaired) electrons. The number of carbonyl (C=O) groups is 1. The van der Waals surface area contributed by atoms with E-state index >= 15 is 0 Å². The molecule has 0 saturated heterocycles. The van der Waals surface area contributed by atoms with Crippen LogP contribution in [0.1, 0.15) is 10.4 Å². The molecule has 0 spiro atoms. The third-order valence-corrected chi connectivity index (χ3v) is 5.48. The first kappa shape index (κ1) is 19.9. The van der Waals surface area contributed by atoms with Crippen molar-refractivity contribution in [3.05, 3.63) is 88.8 Å². The number of nitrogens with zero attached hydrogens (tertiary/aromatic N) is 1. The molecule has 0 fully saturated rings. The Kier molecular flexibility index (Phi) is 5.97. The molecular weight excluding hydrogens is 418 g/mol. The predicted molar refractivity (Wildman–Crippen MR) is 123 cm³/mol. The second-order valence-electron chi connectivity index (χ2n) is 6.41. The fraction of sp³-hybridized carbons (Fsp3) is 0.0435. The first-order valence-corrected chi connectivity index (χ1v) is 10.4. The van der Waals surface area contributed by atoms with Crippen molar-refractivity contribution in [3.8, 4) is 17.0 Å². The molecular formula is C23H18ClN3O2S. The van der Waals surface area contributed by atoms with E-state index in [0.29, 0.717) is 22.0 Å². The van der Waals surface area contributed by atoms with Gasteiger partial charge in [0.05, 0.1) is 23.5 Å². The summed E-state index contributed by atoms with van der Waals surface area (Å²) in [6.45, 7) is 0. The van der Waals surface area contributed by atoms with Crippen LogP contribution in [-0.4, -0.2) is 18.0 Å². The van der Waals surface area contributed by atoms with Gasteiger partial charge in [-0.25, -0.2) is 4.98 Å². The molecule has 2 N–H and O–H groups in total. The number of halogens is 1. The van der Waals surface area contributed by atoms with Crippen LogP contribution in [0.4, 0.5) is 16.5 Å². The van der Waals surface area contributed by atoms with Crippen molar-refractivity contribution in [3.63, 3.8) is 0 Å². The third-order valence-electron chi connectivity index (χ3n) is 4.39. The van der Waals surface area contributed by atoms with Gasteiger partial charge in [-0.2, -0.15) is 0 Å². The number of methoxy groups -OCH3 is 1. The third kappa shape index (κ3) is 4.62. The molecule has 0 aliphatic rings. The first-order chi connectivity index (χ1) is 14.6. The Bertz CT molecular complexity index is 1180. The van der Waals surface area contributed by atoms with Gasteiger partial charge in [-0.05, 0) is 42.5 Å². The van der Waals surface area contributed by atoms with E-state index in [-0.39, 0.29) is 5.91 Å². The van der Waals surface area contributed by atoms with Gasteiger partial charge in [0.2, 0.25) is 0 Å². The number of nitrogens with one attached hydrogen (secondary N) is 2. The van der Waals surface area contributed by atoms with Crippen molar-refractivity contribution >= 4 is 45.4 Å². The fourth-order valence-corrected chi connectivity index (χ4v) is 3.75.